The average molecular weight is 374 g/mol. The summed E-state index contributed by atoms with van der Waals surface area (Å²) in [6.07, 6.45) is 5.25. The van der Waals surface area contributed by atoms with E-state index in [1.807, 2.05) is 0 Å². The SMILES string of the molecule is NC(=O)[C@H](NC1CCCCC1)C(=O)Nc1ccc(N2CCOCC2=O)cc1. The van der Waals surface area contributed by atoms with E-state index >= 15 is 0 Å². The first-order chi connectivity index (χ1) is 13.0. The van der Waals surface area contributed by atoms with E-state index in [0.29, 0.717) is 18.8 Å². The molecule has 2 fully saturated rings. The van der Waals surface area contributed by atoms with E-state index in [1.165, 1.54) is 6.42 Å². The number of morpholine rings is 1. The van der Waals surface area contributed by atoms with Crippen molar-refractivity contribution >= 4 is 29.1 Å². The third kappa shape index (κ3) is 5.05. The van der Waals surface area contributed by atoms with Crippen molar-refractivity contribution in [1.29, 1.82) is 0 Å². The number of hydrogen-bond donors (Lipinski definition) is 3. The minimum atomic E-state index is -1.06. The zero-order chi connectivity index (χ0) is 19.2. The molecule has 1 aliphatic heterocycles. The molecule has 1 saturated heterocycles. The third-order valence-corrected chi connectivity index (χ3v) is 4.99. The van der Waals surface area contributed by atoms with Crippen molar-refractivity contribution < 1.29 is 19.1 Å². The number of carbonyl (C=O) groups is 3. The van der Waals surface area contributed by atoms with Gasteiger partial charge in [0.15, 0.2) is 6.04 Å². The number of anilines is 2. The number of ether oxygens (including phenoxy) is 1. The van der Waals surface area contributed by atoms with Crippen LogP contribution >= 0.6 is 0 Å². The maximum Gasteiger partial charge on any atom is 0.253 e. The number of nitrogens with one attached hydrogen (secondary N) is 2. The fraction of sp³-hybridized carbons (Fsp3) is 0.526. The average Bonchev–Trinajstić information content (AvgIpc) is 2.68. The molecule has 1 saturated carbocycles. The zero-order valence-corrected chi connectivity index (χ0v) is 15.3. The molecule has 0 aromatic heterocycles. The minimum absolute atomic E-state index is 0.0750. The maximum absolute atomic E-state index is 12.5. The molecule has 1 atom stereocenters. The Balaban J connectivity index is 1.61. The van der Waals surface area contributed by atoms with Gasteiger partial charge in [-0.3, -0.25) is 19.7 Å². The van der Waals surface area contributed by atoms with Crippen LogP contribution in [0.5, 0.6) is 0 Å². The van der Waals surface area contributed by atoms with Crippen molar-refractivity contribution in [2.45, 2.75) is 44.2 Å². The van der Waals surface area contributed by atoms with Gasteiger partial charge in [-0.2, -0.15) is 0 Å². The summed E-state index contributed by atoms with van der Waals surface area (Å²) in [5, 5.41) is 5.81. The summed E-state index contributed by atoms with van der Waals surface area (Å²) in [5.74, 6) is -1.25. The number of carbonyl (C=O) groups excluding carboxylic acids is 3. The van der Waals surface area contributed by atoms with Crippen molar-refractivity contribution in [3.05, 3.63) is 24.3 Å². The van der Waals surface area contributed by atoms with Gasteiger partial charge < -0.3 is 20.7 Å². The predicted molar refractivity (Wildman–Crippen MR) is 101 cm³/mol. The highest BCUT2D eigenvalue weighted by Gasteiger charge is 2.28. The lowest BCUT2D eigenvalue weighted by Crippen LogP contribution is -2.53. The summed E-state index contributed by atoms with van der Waals surface area (Å²) >= 11 is 0. The molecule has 0 radical (unpaired) electrons. The van der Waals surface area contributed by atoms with Crippen LogP contribution < -0.4 is 21.3 Å². The van der Waals surface area contributed by atoms with Crippen LogP contribution in [0.3, 0.4) is 0 Å². The predicted octanol–water partition coefficient (Wildman–Crippen LogP) is 0.764. The molecule has 0 bridgehead atoms. The minimum Gasteiger partial charge on any atom is -0.370 e. The largest absolute Gasteiger partial charge is 0.370 e. The highest BCUT2D eigenvalue weighted by atomic mass is 16.5. The van der Waals surface area contributed by atoms with Crippen LogP contribution in [0.15, 0.2) is 24.3 Å². The Kier molecular flexibility index (Phi) is 6.41. The Morgan fingerprint density at radius 3 is 2.48 bits per heavy atom. The molecular formula is C19H26N4O4. The number of primary amides is 1. The molecule has 27 heavy (non-hydrogen) atoms. The van der Waals surface area contributed by atoms with Crippen molar-refractivity contribution in [1.82, 2.24) is 5.32 Å². The standard InChI is InChI=1S/C19H26N4O4/c20-18(25)17(21-13-4-2-1-3-5-13)19(26)22-14-6-8-15(9-7-14)23-10-11-27-12-16(23)24/h6-9,13,17,21H,1-5,10-12H2,(H2,20,25)(H,22,26)/t17-/m0/s1. The molecule has 1 aromatic carbocycles. The van der Waals surface area contributed by atoms with E-state index in [2.05, 4.69) is 10.6 Å². The molecule has 0 unspecified atom stereocenters. The highest BCUT2D eigenvalue weighted by Crippen LogP contribution is 2.20. The first kappa shape index (κ1) is 19.3. The van der Waals surface area contributed by atoms with Gasteiger partial charge >= 0.3 is 0 Å². The normalized spacial score (nSPS) is 19.6. The molecule has 2 aliphatic rings. The van der Waals surface area contributed by atoms with Gasteiger partial charge in [0.1, 0.15) is 6.61 Å². The lowest BCUT2D eigenvalue weighted by Gasteiger charge is -2.27. The number of benzene rings is 1. The van der Waals surface area contributed by atoms with Crippen molar-refractivity contribution in [2.75, 3.05) is 30.0 Å². The van der Waals surface area contributed by atoms with Crippen LogP contribution in [0.4, 0.5) is 11.4 Å². The van der Waals surface area contributed by atoms with Crippen LogP contribution in [0, 0.1) is 0 Å². The number of nitrogens with two attached hydrogens (primary N) is 1. The molecule has 8 heteroatoms. The second-order valence-electron chi connectivity index (χ2n) is 6.97. The lowest BCUT2D eigenvalue weighted by molar-refractivity contribution is -0.128. The Hall–Kier alpha value is -2.45. The van der Waals surface area contributed by atoms with Gasteiger partial charge in [-0.05, 0) is 37.1 Å². The second kappa shape index (κ2) is 8.96. The monoisotopic (exact) mass is 374 g/mol. The van der Waals surface area contributed by atoms with E-state index in [9.17, 15) is 14.4 Å². The lowest BCUT2D eigenvalue weighted by atomic mass is 9.95. The third-order valence-electron chi connectivity index (χ3n) is 4.99. The summed E-state index contributed by atoms with van der Waals surface area (Å²) in [4.78, 5) is 37.8. The van der Waals surface area contributed by atoms with E-state index in [1.54, 1.807) is 29.2 Å². The molecule has 1 heterocycles. The molecule has 3 amide bonds. The quantitative estimate of drug-likeness (QED) is 0.636. The molecule has 0 spiro atoms. The maximum atomic E-state index is 12.5. The molecular weight excluding hydrogens is 348 g/mol. The van der Waals surface area contributed by atoms with Crippen LogP contribution in [-0.4, -0.2) is 49.6 Å². The van der Waals surface area contributed by atoms with Gasteiger partial charge in [0, 0.05) is 24.0 Å². The van der Waals surface area contributed by atoms with Gasteiger partial charge in [-0.1, -0.05) is 19.3 Å². The molecule has 1 aromatic rings. The van der Waals surface area contributed by atoms with Crippen molar-refractivity contribution in [2.24, 2.45) is 5.73 Å². The van der Waals surface area contributed by atoms with Crippen molar-refractivity contribution in [3.63, 3.8) is 0 Å². The molecule has 1 aliphatic carbocycles. The number of amides is 3. The smallest absolute Gasteiger partial charge is 0.253 e. The zero-order valence-electron chi connectivity index (χ0n) is 15.3. The molecule has 3 rings (SSSR count). The van der Waals surface area contributed by atoms with Gasteiger partial charge in [-0.25, -0.2) is 0 Å². The summed E-state index contributed by atoms with van der Waals surface area (Å²) in [6, 6.07) is 5.99. The van der Waals surface area contributed by atoms with E-state index in [0.717, 1.165) is 31.4 Å². The summed E-state index contributed by atoms with van der Waals surface area (Å²) < 4.78 is 5.12. The number of nitrogens with zero attached hydrogens (tertiary/aromatic N) is 1. The van der Waals surface area contributed by atoms with Gasteiger partial charge in [-0.15, -0.1) is 0 Å². The van der Waals surface area contributed by atoms with E-state index in [4.69, 9.17) is 10.5 Å². The Morgan fingerprint density at radius 2 is 1.85 bits per heavy atom. The van der Waals surface area contributed by atoms with Crippen LogP contribution in [0.2, 0.25) is 0 Å². The number of hydrogen-bond acceptors (Lipinski definition) is 5. The first-order valence-corrected chi connectivity index (χ1v) is 9.39. The second-order valence-corrected chi connectivity index (χ2v) is 6.97. The van der Waals surface area contributed by atoms with Crippen molar-refractivity contribution in [3.8, 4) is 0 Å². The van der Waals surface area contributed by atoms with Crippen LogP contribution in [0.25, 0.3) is 0 Å². The molecule has 8 nitrogen and oxygen atoms in total. The summed E-state index contributed by atoms with van der Waals surface area (Å²) in [5.41, 5.74) is 6.71. The summed E-state index contributed by atoms with van der Waals surface area (Å²) in [6.45, 7) is 1.07. The Labute approximate surface area is 158 Å². The topological polar surface area (TPSA) is 114 Å². The first-order valence-electron chi connectivity index (χ1n) is 9.39. The molecule has 4 N–H and O–H groups in total. The summed E-state index contributed by atoms with van der Waals surface area (Å²) in [7, 11) is 0. The van der Waals surface area contributed by atoms with Crippen LogP contribution in [-0.2, 0) is 19.1 Å². The Bertz CT molecular complexity index is 685. The fourth-order valence-corrected chi connectivity index (χ4v) is 3.52. The van der Waals surface area contributed by atoms with Gasteiger partial charge in [0.05, 0.1) is 6.61 Å². The van der Waals surface area contributed by atoms with E-state index in [-0.39, 0.29) is 18.6 Å². The highest BCUT2D eigenvalue weighted by molar-refractivity contribution is 6.09. The Morgan fingerprint density at radius 1 is 1.15 bits per heavy atom. The number of rotatable bonds is 6. The van der Waals surface area contributed by atoms with E-state index < -0.39 is 17.9 Å². The fourth-order valence-electron chi connectivity index (χ4n) is 3.52. The molecule has 146 valence electrons. The van der Waals surface area contributed by atoms with Crippen LogP contribution in [0.1, 0.15) is 32.1 Å². The van der Waals surface area contributed by atoms with Gasteiger partial charge in [0.2, 0.25) is 5.91 Å². The van der Waals surface area contributed by atoms with Gasteiger partial charge in [0.25, 0.3) is 11.8 Å².